The van der Waals surface area contributed by atoms with E-state index >= 15 is 0 Å². The standard InChI is InChI=1S/C21H24N2O4/c1-13-10-19(24)22-17-4-2-3-5-18(17)23(13)20(25)12-27-21(26)11-16(14-6-7-14)15-8-9-15/h2-5,11,13-15H,6-10,12H2,1H3,(H,22,24). The van der Waals surface area contributed by atoms with E-state index in [0.717, 1.165) is 25.7 Å². The van der Waals surface area contributed by atoms with Crippen LogP contribution in [0.2, 0.25) is 0 Å². The summed E-state index contributed by atoms with van der Waals surface area (Å²) in [5.41, 5.74) is 2.43. The number of nitrogens with one attached hydrogen (secondary N) is 1. The Hall–Kier alpha value is -2.63. The molecule has 2 saturated carbocycles. The minimum Gasteiger partial charge on any atom is -0.452 e. The molecule has 0 spiro atoms. The van der Waals surface area contributed by atoms with Crippen molar-refractivity contribution in [3.63, 3.8) is 0 Å². The molecule has 1 aromatic carbocycles. The fraction of sp³-hybridized carbons (Fsp3) is 0.476. The summed E-state index contributed by atoms with van der Waals surface area (Å²) in [4.78, 5) is 38.6. The smallest absolute Gasteiger partial charge is 0.331 e. The van der Waals surface area contributed by atoms with Gasteiger partial charge in [0.25, 0.3) is 5.91 Å². The van der Waals surface area contributed by atoms with Gasteiger partial charge in [-0.15, -0.1) is 0 Å². The Morgan fingerprint density at radius 1 is 1.19 bits per heavy atom. The van der Waals surface area contributed by atoms with Crippen LogP contribution in [0.15, 0.2) is 35.9 Å². The number of carbonyl (C=O) groups is 3. The third-order valence-electron chi connectivity index (χ3n) is 5.35. The summed E-state index contributed by atoms with van der Waals surface area (Å²) < 4.78 is 5.26. The van der Waals surface area contributed by atoms with Gasteiger partial charge in [0, 0.05) is 18.5 Å². The van der Waals surface area contributed by atoms with E-state index < -0.39 is 5.97 Å². The van der Waals surface area contributed by atoms with Crippen LogP contribution < -0.4 is 10.2 Å². The molecular weight excluding hydrogens is 344 g/mol. The van der Waals surface area contributed by atoms with Crippen molar-refractivity contribution in [3.8, 4) is 0 Å². The lowest BCUT2D eigenvalue weighted by Gasteiger charge is -2.27. The number of allylic oxidation sites excluding steroid dienone is 1. The monoisotopic (exact) mass is 368 g/mol. The fourth-order valence-corrected chi connectivity index (χ4v) is 3.75. The summed E-state index contributed by atoms with van der Waals surface area (Å²) >= 11 is 0. The van der Waals surface area contributed by atoms with Crippen LogP contribution in [0.25, 0.3) is 0 Å². The second-order valence-electron chi connectivity index (χ2n) is 7.68. The van der Waals surface area contributed by atoms with Gasteiger partial charge in [-0.05, 0) is 56.6 Å². The minimum atomic E-state index is -0.442. The highest BCUT2D eigenvalue weighted by Gasteiger charge is 2.37. The van der Waals surface area contributed by atoms with E-state index in [1.54, 1.807) is 29.2 Å². The van der Waals surface area contributed by atoms with Crippen molar-refractivity contribution >= 4 is 29.2 Å². The Morgan fingerprint density at radius 3 is 2.52 bits per heavy atom. The molecule has 1 N–H and O–H groups in total. The number of benzene rings is 1. The number of carbonyl (C=O) groups excluding carboxylic acids is 3. The summed E-state index contributed by atoms with van der Waals surface area (Å²) in [6.45, 7) is 1.49. The molecule has 142 valence electrons. The zero-order valence-electron chi connectivity index (χ0n) is 15.4. The van der Waals surface area contributed by atoms with Crippen LogP contribution in [0.3, 0.4) is 0 Å². The van der Waals surface area contributed by atoms with Gasteiger partial charge in [-0.2, -0.15) is 0 Å². The lowest BCUT2D eigenvalue weighted by atomic mass is 10.1. The third kappa shape index (κ3) is 4.04. The van der Waals surface area contributed by atoms with E-state index in [-0.39, 0.29) is 30.9 Å². The van der Waals surface area contributed by atoms with Crippen molar-refractivity contribution in [3.05, 3.63) is 35.9 Å². The molecule has 2 amide bonds. The van der Waals surface area contributed by atoms with Gasteiger partial charge in [0.2, 0.25) is 5.91 Å². The second kappa shape index (κ2) is 7.18. The molecule has 0 saturated heterocycles. The summed E-state index contributed by atoms with van der Waals surface area (Å²) in [6, 6.07) is 6.85. The Bertz CT molecular complexity index is 794. The zero-order valence-corrected chi connectivity index (χ0v) is 15.4. The first-order chi connectivity index (χ1) is 13.0. The summed E-state index contributed by atoms with van der Waals surface area (Å²) in [5.74, 6) is 0.170. The molecule has 1 unspecified atom stereocenters. The maximum Gasteiger partial charge on any atom is 0.331 e. The summed E-state index contributed by atoms with van der Waals surface area (Å²) in [5, 5.41) is 2.82. The molecule has 2 fully saturated rings. The van der Waals surface area contributed by atoms with Crippen molar-refractivity contribution in [2.75, 3.05) is 16.8 Å². The number of fused-ring (bicyclic) bond motifs is 1. The van der Waals surface area contributed by atoms with Crippen molar-refractivity contribution in [2.24, 2.45) is 11.8 Å². The SMILES string of the molecule is CC1CC(=O)Nc2ccccc2N1C(=O)COC(=O)C=C(C1CC1)C1CC1. The average molecular weight is 368 g/mol. The number of anilines is 2. The van der Waals surface area contributed by atoms with E-state index in [2.05, 4.69) is 5.32 Å². The van der Waals surface area contributed by atoms with E-state index in [4.69, 9.17) is 4.74 Å². The molecule has 1 aliphatic heterocycles. The number of para-hydroxylation sites is 2. The maximum atomic E-state index is 12.8. The van der Waals surface area contributed by atoms with Gasteiger partial charge in [-0.25, -0.2) is 4.79 Å². The van der Waals surface area contributed by atoms with Gasteiger partial charge >= 0.3 is 5.97 Å². The molecular formula is C21H24N2O4. The minimum absolute atomic E-state index is 0.135. The van der Waals surface area contributed by atoms with E-state index in [1.165, 1.54) is 5.57 Å². The second-order valence-corrected chi connectivity index (χ2v) is 7.68. The zero-order chi connectivity index (χ0) is 19.0. The molecule has 3 aliphatic rings. The first-order valence-corrected chi connectivity index (χ1v) is 9.62. The van der Waals surface area contributed by atoms with Crippen molar-refractivity contribution in [2.45, 2.75) is 45.1 Å². The van der Waals surface area contributed by atoms with Crippen molar-refractivity contribution in [1.29, 1.82) is 0 Å². The Balaban J connectivity index is 1.45. The highest BCUT2D eigenvalue weighted by atomic mass is 16.5. The van der Waals surface area contributed by atoms with Crippen LogP contribution in [0.4, 0.5) is 11.4 Å². The number of amides is 2. The van der Waals surface area contributed by atoms with Gasteiger partial charge in [0.1, 0.15) is 0 Å². The Morgan fingerprint density at radius 2 is 1.85 bits per heavy atom. The Labute approximate surface area is 158 Å². The largest absolute Gasteiger partial charge is 0.452 e. The van der Waals surface area contributed by atoms with Crippen LogP contribution in [0, 0.1) is 11.8 Å². The quantitative estimate of drug-likeness (QED) is 0.640. The third-order valence-corrected chi connectivity index (χ3v) is 5.35. The molecule has 6 nitrogen and oxygen atoms in total. The number of rotatable bonds is 5. The topological polar surface area (TPSA) is 75.7 Å². The molecule has 0 bridgehead atoms. The summed E-state index contributed by atoms with van der Waals surface area (Å²) in [6.07, 6.45) is 6.40. The van der Waals surface area contributed by atoms with Crippen LogP contribution >= 0.6 is 0 Å². The molecule has 1 heterocycles. The first kappa shape index (κ1) is 17.8. The summed E-state index contributed by atoms with van der Waals surface area (Å²) in [7, 11) is 0. The van der Waals surface area contributed by atoms with Crippen LogP contribution in [-0.4, -0.2) is 30.4 Å². The number of hydrogen-bond acceptors (Lipinski definition) is 4. The van der Waals surface area contributed by atoms with Gasteiger partial charge in [0.15, 0.2) is 6.61 Å². The van der Waals surface area contributed by atoms with Gasteiger partial charge < -0.3 is 15.0 Å². The molecule has 4 rings (SSSR count). The van der Waals surface area contributed by atoms with Gasteiger partial charge in [0.05, 0.1) is 11.4 Å². The molecule has 1 atom stereocenters. The maximum absolute atomic E-state index is 12.8. The number of hydrogen-bond donors (Lipinski definition) is 1. The normalized spacial score (nSPS) is 21.6. The predicted molar refractivity (Wildman–Crippen MR) is 101 cm³/mol. The first-order valence-electron chi connectivity index (χ1n) is 9.62. The van der Waals surface area contributed by atoms with Gasteiger partial charge in [-0.1, -0.05) is 17.7 Å². The van der Waals surface area contributed by atoms with Crippen molar-refractivity contribution in [1.82, 2.24) is 0 Å². The van der Waals surface area contributed by atoms with Crippen LogP contribution in [-0.2, 0) is 19.1 Å². The highest BCUT2D eigenvalue weighted by Crippen LogP contribution is 2.48. The number of esters is 1. The number of nitrogens with zero attached hydrogens (tertiary/aromatic N) is 1. The van der Waals surface area contributed by atoms with E-state index in [1.807, 2.05) is 13.0 Å². The highest BCUT2D eigenvalue weighted by molar-refractivity contribution is 6.05. The lowest BCUT2D eigenvalue weighted by Crippen LogP contribution is -2.41. The van der Waals surface area contributed by atoms with E-state index in [9.17, 15) is 14.4 Å². The Kier molecular flexibility index (Phi) is 4.72. The molecule has 0 aromatic heterocycles. The molecule has 6 heteroatoms. The average Bonchev–Trinajstić information content (AvgIpc) is 3.52. The van der Waals surface area contributed by atoms with Crippen LogP contribution in [0.5, 0.6) is 0 Å². The number of ether oxygens (including phenoxy) is 1. The predicted octanol–water partition coefficient (Wildman–Crippen LogP) is 3.04. The molecule has 0 radical (unpaired) electrons. The fourth-order valence-electron chi connectivity index (χ4n) is 3.75. The van der Waals surface area contributed by atoms with Crippen LogP contribution in [0.1, 0.15) is 39.0 Å². The lowest BCUT2D eigenvalue weighted by molar-refractivity contribution is -0.143. The van der Waals surface area contributed by atoms with Crippen molar-refractivity contribution < 1.29 is 19.1 Å². The van der Waals surface area contributed by atoms with Gasteiger partial charge in [-0.3, -0.25) is 9.59 Å². The molecule has 2 aliphatic carbocycles. The van der Waals surface area contributed by atoms with E-state index in [0.29, 0.717) is 23.2 Å². The molecule has 27 heavy (non-hydrogen) atoms. The molecule has 1 aromatic rings.